The van der Waals surface area contributed by atoms with E-state index in [1.54, 1.807) is 0 Å². The molecule has 1 heterocycles. The fourth-order valence-corrected chi connectivity index (χ4v) is 3.04. The Labute approximate surface area is 98.5 Å². The molecule has 1 aromatic rings. The first kappa shape index (κ1) is 10.5. The van der Waals surface area contributed by atoms with Gasteiger partial charge in [-0.3, -0.25) is 4.79 Å². The summed E-state index contributed by atoms with van der Waals surface area (Å²) in [4.78, 5) is 15.6. The van der Waals surface area contributed by atoms with Crippen molar-refractivity contribution in [1.29, 1.82) is 0 Å². The van der Waals surface area contributed by atoms with Crippen LogP contribution in [-0.2, 0) is 11.2 Å². The van der Waals surface area contributed by atoms with Crippen LogP contribution in [0.3, 0.4) is 0 Å². The number of aryl methyl sites for hydroxylation is 1. The van der Waals surface area contributed by atoms with Gasteiger partial charge in [0.15, 0.2) is 5.82 Å². The first-order valence-corrected chi connectivity index (χ1v) is 5.94. The van der Waals surface area contributed by atoms with Crippen LogP contribution in [-0.4, -0.2) is 21.2 Å². The van der Waals surface area contributed by atoms with Crippen LogP contribution in [0.4, 0.5) is 0 Å². The topological polar surface area (TPSA) is 76.2 Å². The van der Waals surface area contributed by atoms with Crippen LogP contribution in [0.2, 0.25) is 0 Å². The molecule has 4 atom stereocenters. The number of fused-ring (bicyclic) bond motifs is 2. The monoisotopic (exact) mass is 234 g/mol. The number of hydrogen-bond acceptors (Lipinski definition) is 4. The fraction of sp³-hybridized carbons (Fsp3) is 0.583. The quantitative estimate of drug-likeness (QED) is 0.804. The van der Waals surface area contributed by atoms with Gasteiger partial charge in [-0.25, -0.2) is 0 Å². The number of carboxylic acid groups (broad SMARTS) is 1. The average molecular weight is 234 g/mol. The maximum Gasteiger partial charge on any atom is 0.307 e. The van der Waals surface area contributed by atoms with Crippen LogP contribution in [0, 0.1) is 17.8 Å². The zero-order chi connectivity index (χ0) is 12.0. The summed E-state index contributed by atoms with van der Waals surface area (Å²) >= 11 is 0. The van der Waals surface area contributed by atoms with Gasteiger partial charge in [-0.05, 0) is 18.3 Å². The Bertz CT molecular complexity index is 480. The number of aliphatic carboxylic acids is 1. The largest absolute Gasteiger partial charge is 0.481 e. The maximum atomic E-state index is 11.3. The van der Waals surface area contributed by atoms with Gasteiger partial charge in [0.05, 0.1) is 11.8 Å². The van der Waals surface area contributed by atoms with Crippen molar-refractivity contribution in [3.63, 3.8) is 0 Å². The van der Waals surface area contributed by atoms with E-state index in [1.807, 2.05) is 13.0 Å². The van der Waals surface area contributed by atoms with Crippen molar-refractivity contribution in [3.8, 4) is 0 Å². The highest BCUT2D eigenvalue weighted by atomic mass is 16.5. The lowest BCUT2D eigenvalue weighted by molar-refractivity contribution is -0.143. The van der Waals surface area contributed by atoms with Gasteiger partial charge in [-0.1, -0.05) is 24.2 Å². The Morgan fingerprint density at radius 1 is 1.53 bits per heavy atom. The molecule has 0 spiro atoms. The second-order valence-corrected chi connectivity index (χ2v) is 4.74. The van der Waals surface area contributed by atoms with Crippen molar-refractivity contribution in [2.24, 2.45) is 17.8 Å². The minimum absolute atomic E-state index is 0.125. The standard InChI is InChI=1S/C12H14N2O3/c1-2-8-13-11(17-14-8)9-6-3-4-7(5-6)10(9)12(15)16/h3-4,6-7,9-10H,2,5H2,1H3,(H,15,16)/t6-,7-,9-,10-/m0/s1. The molecule has 0 saturated heterocycles. The highest BCUT2D eigenvalue weighted by molar-refractivity contribution is 5.73. The Morgan fingerprint density at radius 2 is 2.29 bits per heavy atom. The van der Waals surface area contributed by atoms with E-state index in [-0.39, 0.29) is 17.8 Å². The lowest BCUT2D eigenvalue weighted by Gasteiger charge is -2.20. The second kappa shape index (κ2) is 3.68. The molecular formula is C12H14N2O3. The van der Waals surface area contributed by atoms with Gasteiger partial charge in [-0.2, -0.15) is 4.98 Å². The van der Waals surface area contributed by atoms with Gasteiger partial charge in [0, 0.05) is 6.42 Å². The summed E-state index contributed by atoms with van der Waals surface area (Å²) in [7, 11) is 0. The van der Waals surface area contributed by atoms with Gasteiger partial charge in [0.2, 0.25) is 5.89 Å². The molecule has 1 fully saturated rings. The van der Waals surface area contributed by atoms with E-state index in [4.69, 9.17) is 4.52 Å². The van der Waals surface area contributed by atoms with Gasteiger partial charge in [0.25, 0.3) is 0 Å². The third kappa shape index (κ3) is 1.49. The molecule has 0 aliphatic heterocycles. The normalized spacial score (nSPS) is 34.4. The molecule has 0 aromatic carbocycles. The van der Waals surface area contributed by atoms with Crippen molar-refractivity contribution in [3.05, 3.63) is 23.9 Å². The number of allylic oxidation sites excluding steroid dienone is 2. The first-order valence-electron chi connectivity index (χ1n) is 5.94. The summed E-state index contributed by atoms with van der Waals surface area (Å²) in [5, 5.41) is 13.2. The van der Waals surface area contributed by atoms with Crippen molar-refractivity contribution in [1.82, 2.24) is 10.1 Å². The van der Waals surface area contributed by atoms with Gasteiger partial charge in [0.1, 0.15) is 0 Å². The molecule has 0 amide bonds. The molecule has 0 unspecified atom stereocenters. The minimum atomic E-state index is -0.761. The summed E-state index contributed by atoms with van der Waals surface area (Å²) < 4.78 is 5.21. The lowest BCUT2D eigenvalue weighted by Crippen LogP contribution is -2.26. The van der Waals surface area contributed by atoms with Crippen LogP contribution in [0.15, 0.2) is 16.7 Å². The van der Waals surface area contributed by atoms with Crippen LogP contribution in [0.5, 0.6) is 0 Å². The molecular weight excluding hydrogens is 220 g/mol. The zero-order valence-corrected chi connectivity index (χ0v) is 9.54. The highest BCUT2D eigenvalue weighted by Gasteiger charge is 2.51. The SMILES string of the molecule is CCc1noc([C@@H]2[C@@H](C(=O)O)[C@H]3C=C[C@H]2C3)n1. The predicted octanol–water partition coefficient (Wildman–Crippen LogP) is 1.62. The third-order valence-electron chi connectivity index (χ3n) is 3.83. The highest BCUT2D eigenvalue weighted by Crippen LogP contribution is 2.52. The van der Waals surface area contributed by atoms with E-state index in [0.29, 0.717) is 18.1 Å². The van der Waals surface area contributed by atoms with Crippen molar-refractivity contribution >= 4 is 5.97 Å². The molecule has 17 heavy (non-hydrogen) atoms. The lowest BCUT2D eigenvalue weighted by atomic mass is 9.83. The number of rotatable bonds is 3. The van der Waals surface area contributed by atoms with Crippen LogP contribution in [0.25, 0.3) is 0 Å². The van der Waals surface area contributed by atoms with Crippen molar-refractivity contribution in [2.75, 3.05) is 0 Å². The molecule has 5 heteroatoms. The molecule has 0 radical (unpaired) electrons. The molecule has 2 aliphatic carbocycles. The smallest absolute Gasteiger partial charge is 0.307 e. The van der Waals surface area contributed by atoms with E-state index in [0.717, 1.165) is 6.42 Å². The fourth-order valence-electron chi connectivity index (χ4n) is 3.04. The molecule has 2 aliphatic rings. The second-order valence-electron chi connectivity index (χ2n) is 4.74. The molecule has 5 nitrogen and oxygen atoms in total. The van der Waals surface area contributed by atoms with Crippen LogP contribution < -0.4 is 0 Å². The zero-order valence-electron chi connectivity index (χ0n) is 9.54. The molecule has 1 aromatic heterocycles. The van der Waals surface area contributed by atoms with E-state index < -0.39 is 11.9 Å². The van der Waals surface area contributed by atoms with Gasteiger partial charge < -0.3 is 9.63 Å². The van der Waals surface area contributed by atoms with Crippen molar-refractivity contribution < 1.29 is 14.4 Å². The molecule has 1 N–H and O–H groups in total. The summed E-state index contributed by atoms with van der Waals surface area (Å²) in [6.07, 6.45) is 5.70. The minimum Gasteiger partial charge on any atom is -0.481 e. The Balaban J connectivity index is 1.95. The Kier molecular flexibility index (Phi) is 2.28. The van der Waals surface area contributed by atoms with Gasteiger partial charge >= 0.3 is 5.97 Å². The van der Waals surface area contributed by atoms with Gasteiger partial charge in [-0.15, -0.1) is 0 Å². The summed E-state index contributed by atoms with van der Waals surface area (Å²) in [5.41, 5.74) is 0. The molecule has 1 saturated carbocycles. The summed E-state index contributed by atoms with van der Waals surface area (Å²) in [5.74, 6) is 0.196. The van der Waals surface area contributed by atoms with Crippen LogP contribution >= 0.6 is 0 Å². The number of hydrogen-bond donors (Lipinski definition) is 1. The molecule has 90 valence electrons. The first-order chi connectivity index (χ1) is 8.20. The molecule has 3 rings (SSSR count). The summed E-state index contributed by atoms with van der Waals surface area (Å²) in [6, 6.07) is 0. The number of carboxylic acids is 1. The number of nitrogens with zero attached hydrogens (tertiary/aromatic N) is 2. The van der Waals surface area contributed by atoms with Crippen molar-refractivity contribution in [2.45, 2.75) is 25.7 Å². The average Bonchev–Trinajstić information content (AvgIpc) is 3.02. The Morgan fingerprint density at radius 3 is 2.94 bits per heavy atom. The number of aromatic nitrogens is 2. The molecule has 2 bridgehead atoms. The van der Waals surface area contributed by atoms with E-state index in [2.05, 4.69) is 16.2 Å². The van der Waals surface area contributed by atoms with Crippen LogP contribution in [0.1, 0.15) is 31.0 Å². The predicted molar refractivity (Wildman–Crippen MR) is 58.3 cm³/mol. The van der Waals surface area contributed by atoms with E-state index in [9.17, 15) is 9.90 Å². The maximum absolute atomic E-state index is 11.3. The van der Waals surface area contributed by atoms with E-state index in [1.165, 1.54) is 0 Å². The number of carbonyl (C=O) groups is 1. The van der Waals surface area contributed by atoms with E-state index >= 15 is 0 Å². The third-order valence-corrected chi connectivity index (χ3v) is 3.83. The summed E-state index contributed by atoms with van der Waals surface area (Å²) in [6.45, 7) is 1.95. The Hall–Kier alpha value is -1.65.